The normalized spacial score (nSPS) is 6.93. The van der Waals surface area contributed by atoms with Crippen LogP contribution in [0.2, 0.25) is 0 Å². The summed E-state index contributed by atoms with van der Waals surface area (Å²) >= 11 is 0. The van der Waals surface area contributed by atoms with Gasteiger partial charge < -0.3 is 105 Å². The number of carbonyl (C=O) groups is 8. The van der Waals surface area contributed by atoms with Gasteiger partial charge in [0.25, 0.3) is 5.97 Å². The van der Waals surface area contributed by atoms with Crippen LogP contribution >= 0.6 is 0 Å². The van der Waals surface area contributed by atoms with Gasteiger partial charge in [-0.05, 0) is 43.7 Å². The number of aromatic nitrogens is 12. The van der Waals surface area contributed by atoms with Crippen molar-refractivity contribution in [2.45, 2.75) is 247 Å². The molecule has 6 aromatic heterocycles. The van der Waals surface area contributed by atoms with E-state index in [0.717, 1.165) is 55.0 Å². The fourth-order valence-corrected chi connectivity index (χ4v) is 3.68. The number of nitrogens with one attached hydrogen (secondary N) is 7. The number of hydrazine groups is 1. The van der Waals surface area contributed by atoms with Crippen molar-refractivity contribution in [3.05, 3.63) is 105 Å². The predicted octanol–water partition coefficient (Wildman–Crippen LogP) is 13.9. The molecular formula is C69H141N15O14VW8-8. The Morgan fingerprint density at radius 1 is 0.411 bits per heavy atom. The third kappa shape index (κ3) is 114. The van der Waals surface area contributed by atoms with Gasteiger partial charge in [-0.15, -0.1) is 48.6 Å². The van der Waals surface area contributed by atoms with Gasteiger partial charge >= 0.3 is 17.9 Å². The van der Waals surface area contributed by atoms with E-state index in [9.17, 15) is 43.2 Å². The fraction of sp³-hybridized carbons (Fsp3) is 0.594. The van der Waals surface area contributed by atoms with Crippen LogP contribution in [0.25, 0.3) is 0 Å². The van der Waals surface area contributed by atoms with E-state index in [0.29, 0.717) is 40.3 Å². The molecule has 0 aliphatic carbocycles. The van der Waals surface area contributed by atoms with Crippen LogP contribution in [-0.2, 0) is 235 Å². The van der Waals surface area contributed by atoms with E-state index in [1.807, 2.05) is 111 Å². The minimum atomic E-state index is -1.02. The molecule has 1 unspecified atom stereocenters. The molecule has 0 aromatic carbocycles. The maximum Gasteiger partial charge on any atom is 0.417 e. The van der Waals surface area contributed by atoms with Crippen LogP contribution in [0.4, 0.5) is 0 Å². The van der Waals surface area contributed by atoms with E-state index in [4.69, 9.17) is 10.5 Å². The standard InChI is InChI=1S/C6H7N2O2.2C6H7N2O.C6H7O4.C5H6N3O.2C5H7N2.C4H6O4.C3H5O.6C2H6.CH6N2.10CH4.V.8W/c1-4-3-7-8-5(4)6(9)10-2;2*1-4-3-7-8-6(4)5(2)9;1-4(3-7)5(8)6(9)10-2;1-3-2-7-8-4(3)5(6)9;2*1-4-3-6-7-5(4)2;1-7-3(5)4(6)8-2;1-2-3-4;6*1-2;1-3-2;;;;;;;;;;;;;;;;;;;/h1-2H3,(H,7,8);2*1-2H3,(H,7,8);4H,1-2H3;1H3,(H2,6,9)(H,7,8);2*1-2H3,(H,6,7);1-2H3;2H2,1H3;6*1-2H3;3H,2H2,1H3;10*1H4;;;;;;;;;/q7*-1;;-1;;;;;;;;;;;;;;;;;;;;;;;;;;. The van der Waals surface area contributed by atoms with Crippen molar-refractivity contribution >= 4 is 59.7 Å². The summed E-state index contributed by atoms with van der Waals surface area (Å²) in [5.74, 6) is -1.16. The third-order valence-electron chi connectivity index (χ3n) is 8.06. The molecule has 0 fully saturated rings. The number of Topliss-reactive ketones (excluding diaryl/α,β-unsaturated/α-hetero) is 3. The van der Waals surface area contributed by atoms with Crippen LogP contribution in [0.15, 0.2) is 0 Å². The average Bonchev–Trinajstić information content (AvgIpc) is 1.81. The zero-order valence-corrected chi connectivity index (χ0v) is 85.9. The molecule has 0 aliphatic heterocycles. The first-order chi connectivity index (χ1) is 41.7. The molecule has 0 aliphatic rings. The summed E-state index contributed by atoms with van der Waals surface area (Å²) in [5.41, 5.74) is 16.2. The van der Waals surface area contributed by atoms with E-state index < -0.39 is 41.5 Å². The third-order valence-corrected chi connectivity index (χ3v) is 8.06. The van der Waals surface area contributed by atoms with Crippen molar-refractivity contribution in [2.75, 3.05) is 35.5 Å². The van der Waals surface area contributed by atoms with Crippen molar-refractivity contribution in [1.29, 1.82) is 0 Å². The van der Waals surface area contributed by atoms with Crippen LogP contribution in [0.1, 0.15) is 278 Å². The number of aromatic amines is 6. The number of methoxy groups -OCH3 is 4. The van der Waals surface area contributed by atoms with Crippen LogP contribution in [-0.4, -0.2) is 156 Å². The first-order valence-corrected chi connectivity index (χ1v) is 27.5. The smallest absolute Gasteiger partial charge is 0.417 e. The first-order valence-electron chi connectivity index (χ1n) is 27.5. The van der Waals surface area contributed by atoms with Gasteiger partial charge in [0.1, 0.15) is 0 Å². The van der Waals surface area contributed by atoms with Gasteiger partial charge in [-0.1, -0.05) is 233 Å². The molecule has 0 saturated heterocycles. The fourth-order valence-electron chi connectivity index (χ4n) is 3.68. The second-order valence-electron chi connectivity index (χ2n) is 13.9. The Bertz CT molecular complexity index is 2500. The molecule has 6 aromatic rings. The van der Waals surface area contributed by atoms with Crippen molar-refractivity contribution < 1.29 is 254 Å². The first kappa shape index (κ1) is 196. The summed E-state index contributed by atoms with van der Waals surface area (Å²) in [6.07, 6.45) is 19.5. The molecule has 6 heterocycles. The Hall–Kier alpha value is -3.03. The molecule has 29 nitrogen and oxygen atoms in total. The second kappa shape index (κ2) is 145. The molecule has 637 valence electrons. The minimum absolute atomic E-state index is 0. The average molecular weight is 2930 g/mol. The van der Waals surface area contributed by atoms with Crippen LogP contribution < -0.4 is 17.0 Å². The Morgan fingerprint density at radius 3 is 0.710 bits per heavy atom. The Kier molecular flexibility index (Phi) is 266. The van der Waals surface area contributed by atoms with Gasteiger partial charge in [0.2, 0.25) is 5.78 Å². The molecule has 1 atom stereocenters. The summed E-state index contributed by atoms with van der Waals surface area (Å²) in [6.45, 7) is 44.9. The Morgan fingerprint density at radius 2 is 0.607 bits per heavy atom. The Balaban J connectivity index is -0.0000000228. The minimum Gasteiger partial charge on any atom is -0.542 e. The maximum atomic E-state index is 10.8. The summed E-state index contributed by atoms with van der Waals surface area (Å²) < 4.78 is 16.5. The largest absolute Gasteiger partial charge is 0.542 e. The van der Waals surface area contributed by atoms with Gasteiger partial charge in [-0.25, -0.2) is 14.4 Å². The molecule has 0 spiro atoms. The topological polar surface area (TPSA) is 444 Å². The van der Waals surface area contributed by atoms with E-state index in [1.165, 1.54) is 34.2 Å². The number of ether oxygens (including phenoxy) is 4. The van der Waals surface area contributed by atoms with Gasteiger partial charge in [0.05, 0.1) is 40.0 Å². The molecular weight excluding hydrogens is 2780 g/mol. The van der Waals surface area contributed by atoms with E-state index in [1.54, 1.807) is 48.0 Å². The molecule has 107 heavy (non-hydrogen) atoms. The zero-order chi connectivity index (χ0) is 71.5. The summed E-state index contributed by atoms with van der Waals surface area (Å²) in [7, 11) is 6.28. The van der Waals surface area contributed by atoms with Gasteiger partial charge in [0.15, 0.2) is 5.91 Å². The van der Waals surface area contributed by atoms with Gasteiger partial charge in [-0.2, -0.15) is 39.8 Å². The molecule has 1 radical (unpaired) electrons. The van der Waals surface area contributed by atoms with E-state index in [-0.39, 0.29) is 273 Å². The Labute approximate surface area is 776 Å². The molecule has 11 N–H and O–H groups in total. The number of amides is 1. The van der Waals surface area contributed by atoms with Crippen molar-refractivity contribution in [2.24, 2.45) is 17.5 Å². The summed E-state index contributed by atoms with van der Waals surface area (Å²) in [4.78, 5) is 102. The summed E-state index contributed by atoms with van der Waals surface area (Å²) in [6, 6.07) is 0. The molecule has 1 amide bonds. The second-order valence-corrected chi connectivity index (χ2v) is 13.9. The zero-order valence-electron chi connectivity index (χ0n) is 61.1. The van der Waals surface area contributed by atoms with E-state index in [2.05, 4.69) is 129 Å². The monoisotopic (exact) mass is 2930 g/mol. The maximum absolute atomic E-state index is 10.8. The number of hydrogen-bond donors (Lipinski definition) is 9. The summed E-state index contributed by atoms with van der Waals surface area (Å²) in [5, 5.41) is 37.0. The molecule has 6 rings (SSSR count). The van der Waals surface area contributed by atoms with Gasteiger partial charge in [0, 0.05) is 187 Å². The SMILES string of the molecule is C.C.C.C.C.C.C.C.C.C.CC.CC.CC.CC.CC.CC.CC(=O)c1[nH]n[c-]c1C.CC(=O)c1[nH]n[c-]c1C.CC[C-]=O.CNN.COC(=O)C(=O)C(C)[C-]=O.COC(=O)C(=O)OC.COC(=O)c1[nH]n[c-]c1C.Cc1[c-]n[nH]c1C.Cc1[c-]n[nH]c1C.Cc1[c-]n[nH]c1C(N)=O.[V].[W].[W].[W].[W].[W].[W].[W].[W]. The number of H-pyrrole nitrogens is 6. The molecule has 0 saturated carbocycles. The number of rotatable bonds is 8. The van der Waals surface area contributed by atoms with Crippen molar-refractivity contribution in [3.8, 4) is 0 Å². The number of hydrogen-bond acceptors (Lipinski definition) is 22. The number of nitrogens with two attached hydrogens (primary N) is 2. The van der Waals surface area contributed by atoms with Crippen molar-refractivity contribution in [1.82, 2.24) is 66.6 Å². The van der Waals surface area contributed by atoms with E-state index >= 15 is 0 Å². The van der Waals surface area contributed by atoms with Gasteiger partial charge in [-0.3, -0.25) is 38.2 Å². The molecule has 0 bridgehead atoms. The van der Waals surface area contributed by atoms with Crippen LogP contribution in [0.5, 0.6) is 0 Å². The number of ketones is 3. The molecule has 38 heteroatoms. The number of primary amides is 1. The number of nitrogens with zero attached hydrogens (tertiary/aromatic N) is 6. The number of carbonyl (C=O) groups excluding carboxylic acids is 10. The van der Waals surface area contributed by atoms with Crippen LogP contribution in [0, 0.1) is 98.5 Å². The number of aryl methyl sites for hydroxylation is 8. The van der Waals surface area contributed by atoms with Crippen molar-refractivity contribution in [3.63, 3.8) is 0 Å². The van der Waals surface area contributed by atoms with Crippen LogP contribution in [0.3, 0.4) is 0 Å². The predicted molar refractivity (Wildman–Crippen MR) is 403 cm³/mol. The number of esters is 4. The quantitative estimate of drug-likeness (QED) is 0.00998.